The quantitative estimate of drug-likeness (QED) is 0.470. The minimum absolute atomic E-state index is 0.0847. The second-order valence-corrected chi connectivity index (χ2v) is 7.99. The Morgan fingerprint density at radius 2 is 2.16 bits per heavy atom. The summed E-state index contributed by atoms with van der Waals surface area (Å²) in [4.78, 5) is 29.2. The Balaban J connectivity index is 1.56. The number of amides is 1. The van der Waals surface area contributed by atoms with E-state index in [1.54, 1.807) is 31.4 Å². The number of fused-ring (bicyclic) bond motifs is 1. The second-order valence-electron chi connectivity index (χ2n) is 7.99. The largest absolute Gasteiger partial charge is 0.493 e. The molecule has 3 N–H and O–H groups in total. The van der Waals surface area contributed by atoms with Crippen LogP contribution < -0.4 is 26.5 Å². The van der Waals surface area contributed by atoms with Crippen molar-refractivity contribution in [3.05, 3.63) is 58.5 Å². The lowest BCUT2D eigenvalue weighted by Crippen LogP contribution is -2.31. The Hall–Kier alpha value is -3.23. The summed E-state index contributed by atoms with van der Waals surface area (Å²) in [6, 6.07) is 11.1. The fraction of sp³-hybridized carbons (Fsp3) is 0.375. The number of nitrogens with one attached hydrogen (secondary N) is 3. The summed E-state index contributed by atoms with van der Waals surface area (Å²) in [5, 5.41) is 3.85. The van der Waals surface area contributed by atoms with Gasteiger partial charge in [-0.15, -0.1) is 0 Å². The van der Waals surface area contributed by atoms with Crippen molar-refractivity contribution in [2.75, 3.05) is 19.7 Å². The maximum atomic E-state index is 12.7. The molecule has 168 valence electrons. The standard InChI is InChI=1S/C24H29N5O3/c1-3-32-22-14-20(17-7-9-23(30)29(2)15-17)27-21-13-16(6-8-19(21)22)24(31)25-11-4-5-18-10-12-26-28-18/h6-9,13-15,18,26,28H,3-5,10-12H2,1-2H3,(H,25,31). The van der Waals surface area contributed by atoms with Crippen LogP contribution >= 0.6 is 0 Å². The summed E-state index contributed by atoms with van der Waals surface area (Å²) < 4.78 is 7.36. The minimum atomic E-state index is -0.114. The van der Waals surface area contributed by atoms with Gasteiger partial charge in [-0.3, -0.25) is 20.4 Å². The highest BCUT2D eigenvalue weighted by Crippen LogP contribution is 2.30. The number of carbonyl (C=O) groups is 1. The van der Waals surface area contributed by atoms with Crippen LogP contribution in [0.25, 0.3) is 22.2 Å². The Bertz CT molecular complexity index is 1170. The van der Waals surface area contributed by atoms with E-state index in [-0.39, 0.29) is 11.5 Å². The van der Waals surface area contributed by atoms with Crippen molar-refractivity contribution in [1.82, 2.24) is 25.7 Å². The molecular weight excluding hydrogens is 406 g/mol. The van der Waals surface area contributed by atoms with E-state index in [2.05, 4.69) is 16.2 Å². The van der Waals surface area contributed by atoms with Gasteiger partial charge in [0.1, 0.15) is 5.75 Å². The molecule has 1 fully saturated rings. The molecule has 8 nitrogen and oxygen atoms in total. The van der Waals surface area contributed by atoms with Gasteiger partial charge in [0.2, 0.25) is 5.56 Å². The molecule has 1 unspecified atom stereocenters. The van der Waals surface area contributed by atoms with Gasteiger partial charge in [0.05, 0.1) is 17.8 Å². The van der Waals surface area contributed by atoms with E-state index < -0.39 is 0 Å². The number of aromatic nitrogens is 2. The molecule has 0 spiro atoms. The Morgan fingerprint density at radius 3 is 2.91 bits per heavy atom. The number of aryl methyl sites for hydroxylation is 1. The van der Waals surface area contributed by atoms with E-state index in [1.807, 2.05) is 19.1 Å². The zero-order chi connectivity index (χ0) is 22.5. The lowest BCUT2D eigenvalue weighted by atomic mass is 10.1. The highest BCUT2D eigenvalue weighted by atomic mass is 16.5. The number of carbonyl (C=O) groups excluding carboxylic acids is 1. The molecule has 1 saturated heterocycles. The van der Waals surface area contributed by atoms with E-state index in [0.29, 0.717) is 41.7 Å². The number of benzene rings is 1. The van der Waals surface area contributed by atoms with E-state index >= 15 is 0 Å². The topological polar surface area (TPSA) is 97.3 Å². The zero-order valence-electron chi connectivity index (χ0n) is 18.5. The molecule has 1 aromatic carbocycles. The molecule has 1 amide bonds. The summed E-state index contributed by atoms with van der Waals surface area (Å²) in [5.41, 5.74) is 9.01. The first-order valence-corrected chi connectivity index (χ1v) is 11.1. The molecule has 3 aromatic rings. The third kappa shape index (κ3) is 4.98. The molecule has 0 radical (unpaired) electrons. The smallest absolute Gasteiger partial charge is 0.251 e. The second kappa shape index (κ2) is 9.93. The summed E-state index contributed by atoms with van der Waals surface area (Å²) >= 11 is 0. The van der Waals surface area contributed by atoms with E-state index in [4.69, 9.17) is 9.72 Å². The van der Waals surface area contributed by atoms with Crippen molar-refractivity contribution >= 4 is 16.8 Å². The number of hydrogen-bond acceptors (Lipinski definition) is 6. The number of nitrogens with zero attached hydrogens (tertiary/aromatic N) is 2. The molecular formula is C24H29N5O3. The Kier molecular flexibility index (Phi) is 6.82. The van der Waals surface area contributed by atoms with Crippen molar-refractivity contribution in [2.45, 2.75) is 32.2 Å². The maximum Gasteiger partial charge on any atom is 0.251 e. The molecule has 1 aliphatic rings. The molecule has 1 atom stereocenters. The van der Waals surface area contributed by atoms with E-state index in [1.165, 1.54) is 10.6 Å². The van der Waals surface area contributed by atoms with Gasteiger partial charge in [-0.25, -0.2) is 4.98 Å². The first kappa shape index (κ1) is 22.0. The molecule has 0 saturated carbocycles. The fourth-order valence-electron chi connectivity index (χ4n) is 3.91. The maximum absolute atomic E-state index is 12.7. The molecule has 2 aromatic heterocycles. The number of ether oxygens (including phenoxy) is 1. The zero-order valence-corrected chi connectivity index (χ0v) is 18.5. The molecule has 4 rings (SSSR count). The van der Waals surface area contributed by atoms with Crippen molar-refractivity contribution in [1.29, 1.82) is 0 Å². The first-order valence-electron chi connectivity index (χ1n) is 11.1. The lowest BCUT2D eigenvalue weighted by molar-refractivity contribution is 0.0952. The summed E-state index contributed by atoms with van der Waals surface area (Å²) in [7, 11) is 1.71. The summed E-state index contributed by atoms with van der Waals surface area (Å²) in [6.07, 6.45) is 4.80. The first-order chi connectivity index (χ1) is 15.5. The van der Waals surface area contributed by atoms with Crippen LogP contribution in [0.1, 0.15) is 36.5 Å². The van der Waals surface area contributed by atoms with Gasteiger partial charge in [0.15, 0.2) is 0 Å². The normalized spacial score (nSPS) is 15.8. The summed E-state index contributed by atoms with van der Waals surface area (Å²) in [5.74, 6) is 0.586. The van der Waals surface area contributed by atoms with Gasteiger partial charge >= 0.3 is 0 Å². The molecule has 0 aliphatic carbocycles. The Morgan fingerprint density at radius 1 is 1.28 bits per heavy atom. The van der Waals surface area contributed by atoms with Crippen LogP contribution in [0, 0.1) is 0 Å². The van der Waals surface area contributed by atoms with Crippen LogP contribution in [0.5, 0.6) is 5.75 Å². The van der Waals surface area contributed by atoms with Crippen LogP contribution in [-0.4, -0.2) is 41.2 Å². The van der Waals surface area contributed by atoms with Gasteiger partial charge in [0.25, 0.3) is 5.91 Å². The molecule has 3 heterocycles. The third-order valence-corrected chi connectivity index (χ3v) is 5.65. The number of hydrogen-bond donors (Lipinski definition) is 3. The van der Waals surface area contributed by atoms with Crippen molar-refractivity contribution in [2.24, 2.45) is 7.05 Å². The fourth-order valence-corrected chi connectivity index (χ4v) is 3.91. The van der Waals surface area contributed by atoms with Gasteiger partial charge < -0.3 is 14.6 Å². The lowest BCUT2D eigenvalue weighted by Gasteiger charge is -2.12. The van der Waals surface area contributed by atoms with Crippen molar-refractivity contribution in [3.63, 3.8) is 0 Å². The van der Waals surface area contributed by atoms with Crippen LogP contribution in [-0.2, 0) is 7.05 Å². The average molecular weight is 436 g/mol. The van der Waals surface area contributed by atoms with Crippen LogP contribution in [0.3, 0.4) is 0 Å². The molecule has 32 heavy (non-hydrogen) atoms. The third-order valence-electron chi connectivity index (χ3n) is 5.65. The van der Waals surface area contributed by atoms with Crippen molar-refractivity contribution in [3.8, 4) is 17.0 Å². The predicted molar refractivity (Wildman–Crippen MR) is 125 cm³/mol. The highest BCUT2D eigenvalue weighted by Gasteiger charge is 2.15. The van der Waals surface area contributed by atoms with Crippen LogP contribution in [0.4, 0.5) is 0 Å². The van der Waals surface area contributed by atoms with Crippen LogP contribution in [0.15, 0.2) is 47.4 Å². The monoisotopic (exact) mass is 435 g/mol. The molecule has 1 aliphatic heterocycles. The minimum Gasteiger partial charge on any atom is -0.493 e. The van der Waals surface area contributed by atoms with Gasteiger partial charge in [0, 0.05) is 61.0 Å². The van der Waals surface area contributed by atoms with Crippen LogP contribution in [0.2, 0.25) is 0 Å². The van der Waals surface area contributed by atoms with E-state index in [9.17, 15) is 9.59 Å². The Labute approximate surface area is 187 Å². The average Bonchev–Trinajstić information content (AvgIpc) is 3.31. The van der Waals surface area contributed by atoms with E-state index in [0.717, 1.165) is 36.8 Å². The highest BCUT2D eigenvalue weighted by molar-refractivity contribution is 5.99. The number of hydrazine groups is 1. The van der Waals surface area contributed by atoms with Crippen molar-refractivity contribution < 1.29 is 9.53 Å². The molecule has 0 bridgehead atoms. The molecule has 8 heteroatoms. The number of rotatable bonds is 8. The van der Waals surface area contributed by atoms with Gasteiger partial charge in [-0.05, 0) is 50.5 Å². The SMILES string of the molecule is CCOc1cc(-c2ccc(=O)n(C)c2)nc2cc(C(=O)NCCCC3CCNN3)ccc12. The van der Waals surface area contributed by atoms with Gasteiger partial charge in [-0.2, -0.15) is 0 Å². The van der Waals surface area contributed by atoms with Gasteiger partial charge in [-0.1, -0.05) is 0 Å². The predicted octanol–water partition coefficient (Wildman–Crippen LogP) is 2.38. The number of pyridine rings is 2. The summed E-state index contributed by atoms with van der Waals surface area (Å²) in [6.45, 7) is 4.06.